The van der Waals surface area contributed by atoms with Crippen LogP contribution in [0, 0.1) is 0 Å². The average molecular weight is 479 g/mol. The van der Waals surface area contributed by atoms with Crippen LogP contribution in [0.3, 0.4) is 0 Å². The van der Waals surface area contributed by atoms with E-state index >= 15 is 0 Å². The number of methoxy groups -OCH3 is 1. The second-order valence-electron chi connectivity index (χ2n) is 7.00. The number of nitrogens with zero attached hydrogens (tertiary/aromatic N) is 1. The third kappa shape index (κ3) is 5.39. The van der Waals surface area contributed by atoms with E-state index < -0.39 is 5.97 Å². The maximum Gasteiger partial charge on any atom is 0.355 e. The van der Waals surface area contributed by atoms with Crippen LogP contribution in [0.1, 0.15) is 20.8 Å². The molecule has 0 aliphatic rings. The number of fused-ring (bicyclic) bond motifs is 1. The average Bonchev–Trinajstić information content (AvgIpc) is 3.17. The molecule has 0 saturated carbocycles. The summed E-state index contributed by atoms with van der Waals surface area (Å²) in [6, 6.07) is 21.9. The molecule has 0 atom stereocenters. The Hall–Kier alpha value is -3.68. The zero-order valence-electron chi connectivity index (χ0n) is 17.6. The monoisotopic (exact) mass is 478 g/mol. The molecule has 1 aromatic heterocycles. The summed E-state index contributed by atoms with van der Waals surface area (Å²) < 4.78 is 11.8. The van der Waals surface area contributed by atoms with E-state index in [0.717, 1.165) is 15.6 Å². The van der Waals surface area contributed by atoms with E-state index in [1.54, 1.807) is 18.2 Å². The van der Waals surface area contributed by atoms with Gasteiger partial charge in [0.25, 0.3) is 0 Å². The highest BCUT2D eigenvalue weighted by Gasteiger charge is 2.20. The number of esters is 1. The van der Waals surface area contributed by atoms with Crippen LogP contribution in [-0.4, -0.2) is 25.2 Å². The van der Waals surface area contributed by atoms with Gasteiger partial charge in [-0.15, -0.1) is 11.3 Å². The minimum absolute atomic E-state index is 0.227. The molecule has 1 heterocycles. The standard InChI is InChI=1S/C25H19ClN2O4S/c1-31-20-13-17(15-27-28-22(29)14-16-7-3-2-4-8-16)11-12-19(20)32-25(30)24-23(26)18-9-5-6-10-21(18)33-24/h2-13,15H,14H2,1H3,(H,28,29). The highest BCUT2D eigenvalue weighted by molar-refractivity contribution is 7.21. The summed E-state index contributed by atoms with van der Waals surface area (Å²) in [6.07, 6.45) is 1.72. The van der Waals surface area contributed by atoms with Gasteiger partial charge in [0, 0.05) is 10.1 Å². The minimum Gasteiger partial charge on any atom is -0.493 e. The highest BCUT2D eigenvalue weighted by atomic mass is 35.5. The quantitative estimate of drug-likeness (QED) is 0.165. The first-order valence-electron chi connectivity index (χ1n) is 9.98. The number of benzene rings is 3. The zero-order chi connectivity index (χ0) is 23.2. The smallest absolute Gasteiger partial charge is 0.355 e. The van der Waals surface area contributed by atoms with Crippen LogP contribution in [0.2, 0.25) is 5.02 Å². The Morgan fingerprint density at radius 2 is 1.79 bits per heavy atom. The van der Waals surface area contributed by atoms with Gasteiger partial charge in [0.15, 0.2) is 11.5 Å². The van der Waals surface area contributed by atoms with Crippen molar-refractivity contribution in [3.63, 3.8) is 0 Å². The number of hydrazone groups is 1. The Labute approximate surface area is 199 Å². The van der Waals surface area contributed by atoms with Crippen molar-refractivity contribution >= 4 is 51.1 Å². The van der Waals surface area contributed by atoms with Crippen LogP contribution in [0.15, 0.2) is 77.9 Å². The van der Waals surface area contributed by atoms with Gasteiger partial charge in [-0.25, -0.2) is 10.2 Å². The molecule has 6 nitrogen and oxygen atoms in total. The molecule has 0 aliphatic carbocycles. The second-order valence-corrected chi connectivity index (χ2v) is 8.43. The van der Waals surface area contributed by atoms with Gasteiger partial charge >= 0.3 is 5.97 Å². The molecule has 0 aliphatic heterocycles. The van der Waals surface area contributed by atoms with Gasteiger partial charge in [0.05, 0.1) is 24.8 Å². The van der Waals surface area contributed by atoms with E-state index in [9.17, 15) is 9.59 Å². The van der Waals surface area contributed by atoms with Gasteiger partial charge < -0.3 is 9.47 Å². The molecule has 166 valence electrons. The van der Waals surface area contributed by atoms with E-state index in [1.165, 1.54) is 24.7 Å². The van der Waals surface area contributed by atoms with Crippen LogP contribution < -0.4 is 14.9 Å². The van der Waals surface area contributed by atoms with Crippen molar-refractivity contribution in [3.8, 4) is 11.5 Å². The molecule has 4 aromatic rings. The predicted molar refractivity (Wildman–Crippen MR) is 131 cm³/mol. The number of thiophene rings is 1. The Bertz CT molecular complexity index is 1340. The first-order chi connectivity index (χ1) is 16.0. The van der Waals surface area contributed by atoms with E-state index in [0.29, 0.717) is 21.2 Å². The Kier molecular flexibility index (Phi) is 7.02. The van der Waals surface area contributed by atoms with Crippen LogP contribution in [-0.2, 0) is 11.2 Å². The lowest BCUT2D eigenvalue weighted by Crippen LogP contribution is -2.19. The SMILES string of the molecule is COc1cc(C=NNC(=O)Cc2ccccc2)ccc1OC(=O)c1sc2ccccc2c1Cl. The molecule has 0 fully saturated rings. The number of ether oxygens (including phenoxy) is 2. The van der Waals surface area contributed by atoms with Crippen molar-refractivity contribution in [3.05, 3.63) is 93.8 Å². The minimum atomic E-state index is -0.561. The maximum absolute atomic E-state index is 12.7. The lowest BCUT2D eigenvalue weighted by molar-refractivity contribution is -0.120. The molecule has 0 spiro atoms. The van der Waals surface area contributed by atoms with E-state index in [1.807, 2.05) is 54.6 Å². The number of rotatable bonds is 7. The van der Waals surface area contributed by atoms with Gasteiger partial charge in [-0.1, -0.05) is 60.1 Å². The summed E-state index contributed by atoms with van der Waals surface area (Å²) in [4.78, 5) is 25.1. The van der Waals surface area contributed by atoms with Gasteiger partial charge in [0.2, 0.25) is 5.91 Å². The topological polar surface area (TPSA) is 77.0 Å². The highest BCUT2D eigenvalue weighted by Crippen LogP contribution is 2.36. The largest absolute Gasteiger partial charge is 0.493 e. The summed E-state index contributed by atoms with van der Waals surface area (Å²) in [6.45, 7) is 0. The molecule has 1 amide bonds. The predicted octanol–water partition coefficient (Wildman–Crippen LogP) is 5.48. The normalized spacial score (nSPS) is 11.0. The van der Waals surface area contributed by atoms with Crippen molar-refractivity contribution in [2.75, 3.05) is 7.11 Å². The molecule has 3 aromatic carbocycles. The summed E-state index contributed by atoms with van der Waals surface area (Å²) in [5.41, 5.74) is 4.05. The molecular weight excluding hydrogens is 460 g/mol. The first-order valence-corrected chi connectivity index (χ1v) is 11.2. The number of halogens is 1. The molecule has 8 heteroatoms. The Morgan fingerprint density at radius 1 is 1.03 bits per heavy atom. The van der Waals surface area contributed by atoms with Crippen molar-refractivity contribution in [1.82, 2.24) is 5.43 Å². The summed E-state index contributed by atoms with van der Waals surface area (Å²) in [5, 5.41) is 5.16. The first kappa shape index (κ1) is 22.5. The third-order valence-corrected chi connectivity index (χ3v) is 6.38. The molecule has 4 rings (SSSR count). The van der Waals surface area contributed by atoms with Gasteiger partial charge in [-0.05, 0) is 35.4 Å². The lowest BCUT2D eigenvalue weighted by atomic mass is 10.1. The summed E-state index contributed by atoms with van der Waals surface area (Å²) >= 11 is 7.65. The fourth-order valence-corrected chi connectivity index (χ4v) is 4.52. The van der Waals surface area contributed by atoms with Crippen molar-refractivity contribution in [2.24, 2.45) is 5.10 Å². The van der Waals surface area contributed by atoms with Crippen LogP contribution in [0.25, 0.3) is 10.1 Å². The van der Waals surface area contributed by atoms with Gasteiger partial charge in [-0.3, -0.25) is 4.79 Å². The number of carbonyl (C=O) groups excluding carboxylic acids is 2. The fraction of sp³-hybridized carbons (Fsp3) is 0.0800. The third-order valence-electron chi connectivity index (χ3n) is 4.72. The van der Waals surface area contributed by atoms with Crippen LogP contribution >= 0.6 is 22.9 Å². The van der Waals surface area contributed by atoms with E-state index in [-0.39, 0.29) is 18.1 Å². The number of hydrogen-bond acceptors (Lipinski definition) is 6. The molecule has 33 heavy (non-hydrogen) atoms. The Balaban J connectivity index is 1.43. The van der Waals surface area contributed by atoms with Crippen molar-refractivity contribution in [1.29, 1.82) is 0 Å². The number of amides is 1. The second kappa shape index (κ2) is 10.3. The molecule has 0 radical (unpaired) electrons. The molecule has 0 saturated heterocycles. The van der Waals surface area contributed by atoms with Gasteiger partial charge in [-0.2, -0.15) is 5.10 Å². The van der Waals surface area contributed by atoms with Gasteiger partial charge in [0.1, 0.15) is 4.88 Å². The summed E-state index contributed by atoms with van der Waals surface area (Å²) in [7, 11) is 1.47. The molecular formula is C25H19ClN2O4S. The zero-order valence-corrected chi connectivity index (χ0v) is 19.2. The fourth-order valence-electron chi connectivity index (χ4n) is 3.14. The molecule has 0 unspecified atom stereocenters. The molecule has 0 bridgehead atoms. The summed E-state index contributed by atoms with van der Waals surface area (Å²) in [5.74, 6) is -0.189. The van der Waals surface area contributed by atoms with Crippen molar-refractivity contribution < 1.29 is 19.1 Å². The van der Waals surface area contributed by atoms with E-state index in [4.69, 9.17) is 21.1 Å². The number of nitrogens with one attached hydrogen (secondary N) is 1. The molecule has 1 N–H and O–H groups in total. The Morgan fingerprint density at radius 3 is 2.55 bits per heavy atom. The maximum atomic E-state index is 12.7. The number of hydrogen-bond donors (Lipinski definition) is 1. The van der Waals surface area contributed by atoms with Crippen molar-refractivity contribution in [2.45, 2.75) is 6.42 Å². The van der Waals surface area contributed by atoms with Crippen LogP contribution in [0.5, 0.6) is 11.5 Å². The lowest BCUT2D eigenvalue weighted by Gasteiger charge is -2.09. The number of carbonyl (C=O) groups is 2. The van der Waals surface area contributed by atoms with E-state index in [2.05, 4.69) is 10.5 Å². The van der Waals surface area contributed by atoms with Crippen LogP contribution in [0.4, 0.5) is 0 Å².